The molecule has 4 radical (unpaired) electrons. The maximum Gasteiger partial charge on any atom is 0.164 e. The van der Waals surface area contributed by atoms with Crippen molar-refractivity contribution in [1.82, 2.24) is 0 Å². The molecule has 0 N–H and O–H groups in total. The molecule has 0 saturated heterocycles. The fourth-order valence-electron chi connectivity index (χ4n) is 0.213. The van der Waals surface area contributed by atoms with Crippen LogP contribution < -0.4 is 0 Å². The van der Waals surface area contributed by atoms with E-state index < -0.39 is 5.68 Å². The molecule has 0 amide bonds. The van der Waals surface area contributed by atoms with Crippen LogP contribution in [0.15, 0.2) is 4.99 Å². The second-order valence-corrected chi connectivity index (χ2v) is 1.18. The molecule has 2 nitrogen and oxygen atoms in total. The molecule has 0 heterocycles. The van der Waals surface area contributed by atoms with E-state index in [1.165, 1.54) is 0 Å². The summed E-state index contributed by atoms with van der Waals surface area (Å²) in [7, 11) is 4.75. The summed E-state index contributed by atoms with van der Waals surface area (Å²) in [6.07, 6.45) is 2.52. The van der Waals surface area contributed by atoms with Crippen LogP contribution >= 0.6 is 0 Å². The second kappa shape index (κ2) is 12.7. The van der Waals surface area contributed by atoms with E-state index in [-0.39, 0.29) is 57.7 Å². The van der Waals surface area contributed by atoms with Gasteiger partial charge in [-0.25, -0.2) is 0 Å². The van der Waals surface area contributed by atoms with Crippen LogP contribution in [0.5, 0.6) is 0 Å². The second-order valence-electron chi connectivity index (χ2n) is 1.18. The van der Waals surface area contributed by atoms with E-state index in [0.29, 0.717) is 6.54 Å². The minimum Gasteiger partial charge on any atom is -0.533 e. The monoisotopic (exact) mass is 247 g/mol. The average Bonchev–Trinajstić information content (AvgIpc) is 1.66. The molecule has 0 aromatic rings. The van der Waals surface area contributed by atoms with Gasteiger partial charge in [-0.05, 0) is 0 Å². The average molecular weight is 247 g/mol. The number of carbonyl (C=O) groups excluding carboxylic acids is 1. The van der Waals surface area contributed by atoms with Crippen LogP contribution in [0, 0.1) is 6.92 Å². The first-order valence-corrected chi connectivity index (χ1v) is 2.24. The standard InChI is InChI=1S/C5H6BNO.V.Y/c1-2-7-4-3-5(6)8;;/h1-3H2;;/q-2;;. The number of hydrogen-bond donors (Lipinski definition) is 0. The first-order valence-electron chi connectivity index (χ1n) is 2.24. The smallest absolute Gasteiger partial charge is 0.164 e. The quantitative estimate of drug-likeness (QED) is 0.387. The summed E-state index contributed by atoms with van der Waals surface area (Å²) >= 11 is 0. The topological polar surface area (TPSA) is 29.4 Å². The molecule has 5 heteroatoms. The van der Waals surface area contributed by atoms with Crippen molar-refractivity contribution in [3.05, 3.63) is 6.92 Å². The third-order valence-corrected chi connectivity index (χ3v) is 0.477. The Hall–Kier alpha value is 1.09. The molecule has 0 aliphatic heterocycles. The van der Waals surface area contributed by atoms with E-state index in [1.54, 1.807) is 0 Å². The molecule has 0 fully saturated rings. The number of rotatable bonds is 3. The van der Waals surface area contributed by atoms with Crippen LogP contribution in [0.25, 0.3) is 0 Å². The van der Waals surface area contributed by atoms with Gasteiger partial charge in [0.1, 0.15) is 0 Å². The Balaban J connectivity index is -0.000000245. The van der Waals surface area contributed by atoms with Gasteiger partial charge in [-0.3, -0.25) is 0 Å². The van der Waals surface area contributed by atoms with Gasteiger partial charge in [0.2, 0.25) is 0 Å². The normalized spacial score (nSPS) is 8.10. The third-order valence-electron chi connectivity index (χ3n) is 0.477. The molecule has 50 valence electrons. The first kappa shape index (κ1) is 17.3. The maximum atomic E-state index is 9.95. The molecule has 0 atom stereocenters. The Labute approximate surface area is 99.8 Å². The Bertz CT molecular complexity index is 110. The van der Waals surface area contributed by atoms with Gasteiger partial charge in [0.15, 0.2) is 7.85 Å². The number of aliphatic imine (C=N–C) groups is 1. The summed E-state index contributed by atoms with van der Waals surface area (Å²) in [6.45, 7) is 3.81. The summed E-state index contributed by atoms with van der Waals surface area (Å²) in [6, 6.07) is 0. The van der Waals surface area contributed by atoms with Crippen LogP contribution in [0.2, 0.25) is 0 Å². The van der Waals surface area contributed by atoms with E-state index in [1.807, 2.05) is 0 Å². The zero-order chi connectivity index (χ0) is 6.41. The zero-order valence-electron chi connectivity index (χ0n) is 5.58. The van der Waals surface area contributed by atoms with Gasteiger partial charge in [0.05, 0.1) is 0 Å². The molecule has 0 aromatic carbocycles. The molecule has 0 unspecified atom stereocenters. The van der Waals surface area contributed by atoms with Crippen molar-refractivity contribution in [2.45, 2.75) is 6.42 Å². The molecule has 0 aliphatic rings. The van der Waals surface area contributed by atoms with E-state index in [0.717, 1.165) is 0 Å². The van der Waals surface area contributed by atoms with Gasteiger partial charge < -0.3 is 22.9 Å². The van der Waals surface area contributed by atoms with E-state index in [2.05, 4.69) is 18.1 Å². The van der Waals surface area contributed by atoms with Crippen molar-refractivity contribution in [2.24, 2.45) is 4.99 Å². The zero-order valence-corrected chi connectivity index (χ0v) is 9.81. The fourth-order valence-corrected chi connectivity index (χ4v) is 0.213. The first-order chi connectivity index (χ1) is 3.77. The molecular formula is C5H6BNOVY-2. The summed E-state index contributed by atoms with van der Waals surface area (Å²) in [4.78, 5) is 13.5. The van der Waals surface area contributed by atoms with Crippen molar-refractivity contribution >= 4 is 19.7 Å². The molecule has 0 aromatic heterocycles. The van der Waals surface area contributed by atoms with Gasteiger partial charge in [0, 0.05) is 56.9 Å². The molecule has 0 bridgehead atoms. The number of nitrogens with zero attached hydrogens (tertiary/aromatic N) is 1. The Morgan fingerprint density at radius 1 is 1.70 bits per heavy atom. The predicted octanol–water partition coefficient (Wildman–Crippen LogP) is -0.152. The van der Waals surface area contributed by atoms with Crippen molar-refractivity contribution in [2.75, 3.05) is 6.54 Å². The number of hydrogen-bond acceptors (Lipinski definition) is 2. The van der Waals surface area contributed by atoms with Gasteiger partial charge in [-0.2, -0.15) is 0 Å². The molecule has 0 rings (SSSR count). The fraction of sp³-hybridized carbons (Fsp3) is 0.400. The predicted molar refractivity (Wildman–Crippen MR) is 33.0 cm³/mol. The van der Waals surface area contributed by atoms with Crippen LogP contribution in [0.4, 0.5) is 0 Å². The summed E-state index contributed by atoms with van der Waals surface area (Å²) in [5, 5.41) is 0. The van der Waals surface area contributed by atoms with Gasteiger partial charge in [-0.15, -0.1) is 13.0 Å². The van der Waals surface area contributed by atoms with Crippen LogP contribution in [-0.2, 0) is 56.1 Å². The van der Waals surface area contributed by atoms with Crippen molar-refractivity contribution in [1.29, 1.82) is 0 Å². The van der Waals surface area contributed by atoms with Crippen molar-refractivity contribution in [3.8, 4) is 0 Å². The molecule has 0 saturated carbocycles. The van der Waals surface area contributed by atoms with Gasteiger partial charge >= 0.3 is 0 Å². The third kappa shape index (κ3) is 16.0. The number of carbonyl (C=O) groups is 1. The molecular weight excluding hydrogens is 241 g/mol. The van der Waals surface area contributed by atoms with Gasteiger partial charge in [-0.1, -0.05) is 0 Å². The SMILES string of the molecule is [B]C(=O)C[C-]=NC[CH2-].[V].[Y]. The van der Waals surface area contributed by atoms with Crippen molar-refractivity contribution in [3.63, 3.8) is 0 Å². The minimum absolute atomic E-state index is 0. The van der Waals surface area contributed by atoms with Crippen LogP contribution in [0.1, 0.15) is 6.42 Å². The van der Waals surface area contributed by atoms with E-state index >= 15 is 0 Å². The van der Waals surface area contributed by atoms with Gasteiger partial charge in [0.25, 0.3) is 0 Å². The van der Waals surface area contributed by atoms with Crippen LogP contribution in [0.3, 0.4) is 0 Å². The van der Waals surface area contributed by atoms with E-state index in [9.17, 15) is 4.79 Å². The minimum atomic E-state index is -0.415. The summed E-state index contributed by atoms with van der Waals surface area (Å²) < 4.78 is 0. The Morgan fingerprint density at radius 2 is 2.20 bits per heavy atom. The van der Waals surface area contributed by atoms with Crippen molar-refractivity contribution < 1.29 is 56.1 Å². The van der Waals surface area contributed by atoms with E-state index in [4.69, 9.17) is 7.85 Å². The van der Waals surface area contributed by atoms with Crippen LogP contribution in [-0.4, -0.2) is 26.3 Å². The largest absolute Gasteiger partial charge is 0.533 e. The Kier molecular flexibility index (Phi) is 22.0. The Morgan fingerprint density at radius 3 is 2.50 bits per heavy atom. The molecule has 0 aliphatic carbocycles. The maximum absolute atomic E-state index is 9.95. The molecule has 10 heavy (non-hydrogen) atoms. The summed E-state index contributed by atoms with van der Waals surface area (Å²) in [5.41, 5.74) is -0.415. The summed E-state index contributed by atoms with van der Waals surface area (Å²) in [5.74, 6) is 0. The molecule has 0 spiro atoms.